The minimum Gasteiger partial charge on any atom is -0.453 e. The monoisotopic (exact) mass is 256 g/mol. The lowest BCUT2D eigenvalue weighted by Crippen LogP contribution is -2.40. The molecule has 1 aromatic heterocycles. The number of alkyl carbamates (subject to hydrolysis) is 1. The molecule has 0 unspecified atom stereocenters. The summed E-state index contributed by atoms with van der Waals surface area (Å²) < 4.78 is 6.29. The Hall–Kier alpha value is -1.63. The Labute approximate surface area is 105 Å². The third-order valence-electron chi connectivity index (χ3n) is 2.11. The topological polar surface area (TPSA) is 68.2 Å². The number of rotatable bonds is 3. The van der Waals surface area contributed by atoms with Gasteiger partial charge in [-0.15, -0.1) is 0 Å². The molecule has 0 radical (unpaired) electrons. The van der Waals surface area contributed by atoms with E-state index in [1.54, 1.807) is 0 Å². The minimum atomic E-state index is -0.575. The molecule has 0 saturated carbocycles. The Morgan fingerprint density at radius 3 is 2.82 bits per heavy atom. The maximum absolute atomic E-state index is 10.8. The largest absolute Gasteiger partial charge is 0.453 e. The summed E-state index contributed by atoms with van der Waals surface area (Å²) in [6.45, 7) is 5.21. The zero-order valence-corrected chi connectivity index (χ0v) is 10.9. The van der Waals surface area contributed by atoms with Gasteiger partial charge in [0.1, 0.15) is 0 Å². The number of hydrogen-bond donors (Lipinski definition) is 2. The Morgan fingerprint density at radius 2 is 2.29 bits per heavy atom. The van der Waals surface area contributed by atoms with Crippen molar-refractivity contribution in [3.8, 4) is 0 Å². The van der Waals surface area contributed by atoms with Crippen molar-refractivity contribution >= 4 is 23.4 Å². The summed E-state index contributed by atoms with van der Waals surface area (Å²) in [5.41, 5.74) is 2.08. The number of amides is 1. The van der Waals surface area contributed by atoms with Crippen LogP contribution in [0.15, 0.2) is 6.07 Å². The molecule has 1 rings (SSSR count). The van der Waals surface area contributed by atoms with E-state index in [9.17, 15) is 4.79 Å². The smallest absolute Gasteiger partial charge is 0.413 e. The van der Waals surface area contributed by atoms with Crippen LogP contribution in [0.25, 0.3) is 0 Å². The Morgan fingerprint density at radius 1 is 1.59 bits per heavy atom. The van der Waals surface area contributed by atoms with Gasteiger partial charge in [-0.2, -0.15) is 5.10 Å². The molecule has 7 heteroatoms. The number of carbonyl (C=O) groups excluding carboxylic acids is 1. The third-order valence-corrected chi connectivity index (χ3v) is 2.36. The summed E-state index contributed by atoms with van der Waals surface area (Å²) in [7, 11) is 1.29. The van der Waals surface area contributed by atoms with Crippen LogP contribution in [-0.2, 0) is 11.3 Å². The number of aromatic nitrogens is 2. The molecule has 6 nitrogen and oxygen atoms in total. The fraction of sp³-hybridized carbons (Fsp3) is 0.500. The highest BCUT2D eigenvalue weighted by Gasteiger charge is 2.03. The van der Waals surface area contributed by atoms with Gasteiger partial charge in [0.2, 0.25) is 0 Å². The summed E-state index contributed by atoms with van der Waals surface area (Å²) in [5.74, 6) is 0. The van der Waals surface area contributed by atoms with Gasteiger partial charge in [-0.1, -0.05) is 0 Å². The van der Waals surface area contributed by atoms with Crippen LogP contribution in [-0.4, -0.2) is 34.6 Å². The molecule has 0 atom stereocenters. The third kappa shape index (κ3) is 4.39. The van der Waals surface area contributed by atoms with Crippen LogP contribution in [0.2, 0.25) is 0 Å². The highest BCUT2D eigenvalue weighted by molar-refractivity contribution is 7.80. The first-order valence-electron chi connectivity index (χ1n) is 5.16. The van der Waals surface area contributed by atoms with Gasteiger partial charge >= 0.3 is 6.09 Å². The summed E-state index contributed by atoms with van der Waals surface area (Å²) >= 11 is 4.90. The molecule has 2 N–H and O–H groups in total. The van der Waals surface area contributed by atoms with Crippen molar-refractivity contribution in [3.63, 3.8) is 0 Å². The Kier molecular flexibility index (Phi) is 4.89. The van der Waals surface area contributed by atoms with Crippen LogP contribution < -0.4 is 10.6 Å². The van der Waals surface area contributed by atoms with E-state index < -0.39 is 6.09 Å². The number of nitrogens with zero attached hydrogens (tertiary/aromatic N) is 2. The van der Waals surface area contributed by atoms with Crippen LogP contribution in [0.4, 0.5) is 4.79 Å². The van der Waals surface area contributed by atoms with E-state index in [2.05, 4.69) is 20.5 Å². The lowest BCUT2D eigenvalue weighted by atomic mass is 10.4. The summed E-state index contributed by atoms with van der Waals surface area (Å²) in [4.78, 5) is 10.8. The van der Waals surface area contributed by atoms with Crippen molar-refractivity contribution in [1.29, 1.82) is 0 Å². The van der Waals surface area contributed by atoms with Crippen molar-refractivity contribution in [1.82, 2.24) is 20.4 Å². The Balaban J connectivity index is 2.30. The van der Waals surface area contributed by atoms with E-state index in [1.807, 2.05) is 24.6 Å². The molecule has 17 heavy (non-hydrogen) atoms. The van der Waals surface area contributed by atoms with E-state index >= 15 is 0 Å². The summed E-state index contributed by atoms with van der Waals surface area (Å²) in [5, 5.41) is 9.81. The van der Waals surface area contributed by atoms with Gasteiger partial charge in [0.15, 0.2) is 5.11 Å². The number of ether oxygens (including phenoxy) is 1. The molecule has 0 aliphatic rings. The molecule has 0 aliphatic carbocycles. The molecule has 1 aromatic rings. The molecule has 0 fully saturated rings. The fourth-order valence-corrected chi connectivity index (χ4v) is 1.55. The molecular formula is C10H16N4O2S. The van der Waals surface area contributed by atoms with Crippen LogP contribution in [0.5, 0.6) is 0 Å². The zero-order valence-electron chi connectivity index (χ0n) is 10.1. The molecule has 0 spiro atoms. The first-order chi connectivity index (χ1) is 8.02. The van der Waals surface area contributed by atoms with E-state index in [4.69, 9.17) is 12.2 Å². The normalized spacial score (nSPS) is 9.82. The van der Waals surface area contributed by atoms with E-state index in [0.29, 0.717) is 13.1 Å². The fourth-order valence-electron chi connectivity index (χ4n) is 1.36. The van der Waals surface area contributed by atoms with Gasteiger partial charge in [0.05, 0.1) is 19.3 Å². The second-order valence-corrected chi connectivity index (χ2v) is 3.93. The van der Waals surface area contributed by atoms with E-state index in [1.165, 1.54) is 7.11 Å². The van der Waals surface area contributed by atoms with Gasteiger partial charge in [-0.05, 0) is 32.1 Å². The maximum atomic E-state index is 10.8. The standard InChI is InChI=1S/C10H16N4O2S/c1-7-6-8(2)14(13-7)5-4-11-9(17)12-10(15)16-3/h6H,4-5H2,1-3H3,(H2,11,12,15,17). The Bertz CT molecular complexity index is 416. The zero-order chi connectivity index (χ0) is 12.8. The van der Waals surface area contributed by atoms with Crippen LogP contribution in [0.1, 0.15) is 11.4 Å². The SMILES string of the molecule is COC(=O)NC(=S)NCCn1nc(C)cc1C. The van der Waals surface area contributed by atoms with Gasteiger partial charge in [0.25, 0.3) is 0 Å². The molecular weight excluding hydrogens is 240 g/mol. The first-order valence-corrected chi connectivity index (χ1v) is 5.57. The molecule has 0 saturated heterocycles. The number of thiocarbonyl (C=S) groups is 1. The van der Waals surface area contributed by atoms with Crippen LogP contribution in [0.3, 0.4) is 0 Å². The van der Waals surface area contributed by atoms with Gasteiger partial charge in [-0.3, -0.25) is 10.00 Å². The molecule has 0 bridgehead atoms. The average Bonchev–Trinajstić information content (AvgIpc) is 2.57. The highest BCUT2D eigenvalue weighted by atomic mass is 32.1. The van der Waals surface area contributed by atoms with Crippen molar-refractivity contribution in [2.45, 2.75) is 20.4 Å². The minimum absolute atomic E-state index is 0.249. The molecule has 94 valence electrons. The number of carbonyl (C=O) groups is 1. The van der Waals surface area contributed by atoms with Gasteiger partial charge < -0.3 is 10.1 Å². The van der Waals surface area contributed by atoms with Crippen molar-refractivity contribution in [2.24, 2.45) is 0 Å². The van der Waals surface area contributed by atoms with E-state index in [0.717, 1.165) is 11.4 Å². The highest BCUT2D eigenvalue weighted by Crippen LogP contribution is 2.00. The summed E-state index contributed by atoms with van der Waals surface area (Å²) in [6.07, 6.45) is -0.575. The van der Waals surface area contributed by atoms with Crippen molar-refractivity contribution in [3.05, 3.63) is 17.5 Å². The lowest BCUT2D eigenvalue weighted by molar-refractivity contribution is 0.176. The number of aryl methyl sites for hydroxylation is 2. The second-order valence-electron chi connectivity index (χ2n) is 3.52. The first kappa shape index (κ1) is 13.4. The number of methoxy groups -OCH3 is 1. The molecule has 1 heterocycles. The van der Waals surface area contributed by atoms with Gasteiger partial charge in [0, 0.05) is 12.2 Å². The second kappa shape index (κ2) is 6.19. The van der Waals surface area contributed by atoms with Crippen LogP contribution >= 0.6 is 12.2 Å². The maximum Gasteiger partial charge on any atom is 0.413 e. The lowest BCUT2D eigenvalue weighted by Gasteiger charge is -2.09. The van der Waals surface area contributed by atoms with Gasteiger partial charge in [-0.25, -0.2) is 4.79 Å². The molecule has 0 aromatic carbocycles. The average molecular weight is 256 g/mol. The summed E-state index contributed by atoms with van der Waals surface area (Å²) in [6, 6.07) is 2.00. The van der Waals surface area contributed by atoms with Crippen molar-refractivity contribution in [2.75, 3.05) is 13.7 Å². The molecule has 1 amide bonds. The van der Waals surface area contributed by atoms with Crippen molar-refractivity contribution < 1.29 is 9.53 Å². The molecule has 0 aliphatic heterocycles. The predicted molar refractivity (Wildman–Crippen MR) is 67.8 cm³/mol. The quantitative estimate of drug-likeness (QED) is 0.780. The predicted octanol–water partition coefficient (Wildman–Crippen LogP) is 0.730. The van der Waals surface area contributed by atoms with Crippen LogP contribution in [0, 0.1) is 13.8 Å². The number of hydrogen-bond acceptors (Lipinski definition) is 4. The van der Waals surface area contributed by atoms with E-state index in [-0.39, 0.29) is 5.11 Å². The number of nitrogens with one attached hydrogen (secondary N) is 2.